The van der Waals surface area contributed by atoms with Gasteiger partial charge < -0.3 is 0 Å². The van der Waals surface area contributed by atoms with Gasteiger partial charge in [-0.2, -0.15) is 0 Å². The van der Waals surface area contributed by atoms with Crippen LogP contribution in [0.4, 0.5) is 17.1 Å². The Morgan fingerprint density at radius 1 is 1.00 bits per heavy atom. The lowest BCUT2D eigenvalue weighted by Gasteiger charge is -2.00. The fraction of sp³-hybridized carbons (Fsp3) is 0. The molecule has 0 radical (unpaired) electrons. The van der Waals surface area contributed by atoms with Crippen molar-refractivity contribution in [1.82, 2.24) is 0 Å². The second kappa shape index (κ2) is 5.97. The monoisotopic (exact) mass is 345 g/mol. The number of nitro benzene ring substituents is 3. The first-order chi connectivity index (χ1) is 9.23. The maximum absolute atomic E-state index is 10.8. The van der Waals surface area contributed by atoms with E-state index < -0.39 is 42.1 Å². The first-order valence-electron chi connectivity index (χ1n) is 4.72. The lowest BCUT2D eigenvalue weighted by molar-refractivity contribution is -0.403. The van der Waals surface area contributed by atoms with Gasteiger partial charge in [0.05, 0.1) is 26.9 Å². The lowest BCUT2D eigenvalue weighted by Crippen LogP contribution is -2.00. The van der Waals surface area contributed by atoms with Crippen molar-refractivity contribution in [3.05, 3.63) is 54.1 Å². The number of halogens is 1. The number of nitro groups is 3. The molecule has 0 aromatic heterocycles. The minimum Gasteiger partial charge on any atom is -0.282 e. The zero-order valence-corrected chi connectivity index (χ0v) is 11.0. The van der Waals surface area contributed by atoms with Crippen molar-refractivity contribution >= 4 is 43.8 Å². The average Bonchev–Trinajstić information content (AvgIpc) is 2.34. The van der Waals surface area contributed by atoms with Gasteiger partial charge >= 0.3 is 0 Å². The summed E-state index contributed by atoms with van der Waals surface area (Å²) in [5, 5.41) is 32.3. The van der Waals surface area contributed by atoms with Crippen LogP contribution in [0.3, 0.4) is 0 Å². The molecule has 20 heavy (non-hydrogen) atoms. The summed E-state index contributed by atoms with van der Waals surface area (Å²) >= 11 is 2.52. The largest absolute Gasteiger partial charge is 0.290 e. The Labute approximate surface area is 118 Å². The molecular weight excluding hydrogens is 342 g/mol. The molecule has 1 aromatic carbocycles. The topological polar surface area (TPSA) is 146 Å². The van der Waals surface area contributed by atoms with Gasteiger partial charge in [0.1, 0.15) is 5.56 Å². The molecule has 0 heterocycles. The van der Waals surface area contributed by atoms with Crippen LogP contribution in [-0.4, -0.2) is 19.5 Å². The van der Waals surface area contributed by atoms with E-state index in [1.807, 2.05) is 0 Å². The molecule has 0 saturated heterocycles. The van der Waals surface area contributed by atoms with E-state index in [1.54, 1.807) is 0 Å². The van der Waals surface area contributed by atoms with Crippen molar-refractivity contribution in [1.29, 1.82) is 0 Å². The number of allylic oxidation sites excluding steroid dienone is 1. The van der Waals surface area contributed by atoms with Crippen LogP contribution in [0, 0.1) is 30.3 Å². The SMILES string of the molecule is O=C(Br)C=Cc1c([N+](=O)[O-])cc([N+](=O)[O-])cc1[N+](=O)[O-]. The van der Waals surface area contributed by atoms with E-state index in [1.165, 1.54) is 0 Å². The number of nitrogens with zero attached hydrogens (tertiary/aromatic N) is 3. The summed E-state index contributed by atoms with van der Waals surface area (Å²) in [7, 11) is 0. The molecule has 1 aromatic rings. The van der Waals surface area contributed by atoms with E-state index in [-0.39, 0.29) is 0 Å². The lowest BCUT2D eigenvalue weighted by atomic mass is 10.1. The van der Waals surface area contributed by atoms with E-state index in [0.717, 1.165) is 12.2 Å². The smallest absolute Gasteiger partial charge is 0.282 e. The van der Waals surface area contributed by atoms with Gasteiger partial charge in [-0.1, -0.05) is 0 Å². The summed E-state index contributed by atoms with van der Waals surface area (Å²) in [6.07, 6.45) is 1.66. The van der Waals surface area contributed by atoms with Gasteiger partial charge in [0, 0.05) is 0 Å². The number of hydrogen-bond donors (Lipinski definition) is 0. The van der Waals surface area contributed by atoms with Crippen LogP contribution >= 0.6 is 15.9 Å². The van der Waals surface area contributed by atoms with Gasteiger partial charge in [-0.25, -0.2) is 0 Å². The molecule has 0 spiro atoms. The summed E-state index contributed by atoms with van der Waals surface area (Å²) in [6, 6.07) is 1.18. The van der Waals surface area contributed by atoms with Gasteiger partial charge in [0.15, 0.2) is 0 Å². The quantitative estimate of drug-likeness (QED) is 0.344. The third-order valence-electron chi connectivity index (χ3n) is 2.11. The molecule has 0 amide bonds. The summed E-state index contributed by atoms with van der Waals surface area (Å²) in [6.45, 7) is 0. The van der Waals surface area contributed by atoms with Crippen LogP contribution in [-0.2, 0) is 4.79 Å². The molecule has 0 fully saturated rings. The predicted octanol–water partition coefficient (Wildman–Crippen LogP) is 2.35. The number of carbonyl (C=O) groups is 1. The number of carbonyl (C=O) groups excluding carboxylic acids is 1. The Balaban J connectivity index is 3.68. The second-order valence-corrected chi connectivity index (χ2v) is 4.09. The summed E-state index contributed by atoms with van der Waals surface area (Å²) < 4.78 is -0.667. The van der Waals surface area contributed by atoms with Crippen LogP contribution < -0.4 is 0 Å². The number of benzene rings is 1. The molecule has 0 aliphatic rings. The minimum absolute atomic E-state index is 0.501. The van der Waals surface area contributed by atoms with E-state index >= 15 is 0 Å². The Morgan fingerprint density at radius 3 is 1.75 bits per heavy atom. The van der Waals surface area contributed by atoms with Gasteiger partial charge in [-0.15, -0.1) is 0 Å². The molecule has 0 bridgehead atoms. The minimum atomic E-state index is -1.00. The summed E-state index contributed by atoms with van der Waals surface area (Å²) in [5.41, 5.74) is -2.96. The van der Waals surface area contributed by atoms with Gasteiger partial charge in [-0.3, -0.25) is 35.1 Å². The van der Waals surface area contributed by atoms with Gasteiger partial charge in [0.2, 0.25) is 4.69 Å². The van der Waals surface area contributed by atoms with Crippen molar-refractivity contribution in [2.24, 2.45) is 0 Å². The maximum atomic E-state index is 10.8. The van der Waals surface area contributed by atoms with Crippen molar-refractivity contribution in [2.45, 2.75) is 0 Å². The maximum Gasteiger partial charge on any atom is 0.290 e. The zero-order chi connectivity index (χ0) is 15.4. The standard InChI is InChI=1S/C9H4BrN3O7/c10-9(14)2-1-6-7(12(17)18)3-5(11(15)16)4-8(6)13(19)20/h1-4H. The predicted molar refractivity (Wildman–Crippen MR) is 69.4 cm³/mol. The van der Waals surface area contributed by atoms with E-state index in [2.05, 4.69) is 15.9 Å². The van der Waals surface area contributed by atoms with Crippen LogP contribution in [0.5, 0.6) is 0 Å². The molecule has 10 nitrogen and oxygen atoms in total. The van der Waals surface area contributed by atoms with Crippen molar-refractivity contribution in [3.63, 3.8) is 0 Å². The average molecular weight is 346 g/mol. The molecule has 0 N–H and O–H groups in total. The fourth-order valence-electron chi connectivity index (χ4n) is 1.34. The molecule has 0 saturated carbocycles. The van der Waals surface area contributed by atoms with Crippen LogP contribution in [0.15, 0.2) is 18.2 Å². The first-order valence-corrected chi connectivity index (χ1v) is 5.52. The zero-order valence-electron chi connectivity index (χ0n) is 9.39. The molecule has 11 heteroatoms. The van der Waals surface area contributed by atoms with E-state index in [0.29, 0.717) is 12.1 Å². The highest BCUT2D eigenvalue weighted by Gasteiger charge is 2.28. The third-order valence-corrected chi connectivity index (χ3v) is 2.37. The highest BCUT2D eigenvalue weighted by molar-refractivity contribution is 9.18. The fourth-order valence-corrected chi connectivity index (χ4v) is 1.47. The third kappa shape index (κ3) is 3.41. The second-order valence-electron chi connectivity index (χ2n) is 3.31. The van der Waals surface area contributed by atoms with Crippen molar-refractivity contribution in [2.75, 3.05) is 0 Å². The van der Waals surface area contributed by atoms with Crippen molar-refractivity contribution in [3.8, 4) is 0 Å². The summed E-state index contributed by atoms with van der Waals surface area (Å²) in [4.78, 5) is 40.1. The molecule has 0 aliphatic heterocycles. The van der Waals surface area contributed by atoms with Gasteiger partial charge in [-0.05, 0) is 28.1 Å². The molecule has 0 aliphatic carbocycles. The van der Waals surface area contributed by atoms with Crippen LogP contribution in [0.1, 0.15) is 5.56 Å². The highest BCUT2D eigenvalue weighted by atomic mass is 79.9. The van der Waals surface area contributed by atoms with E-state index in [9.17, 15) is 35.1 Å². The Morgan fingerprint density at radius 2 is 1.45 bits per heavy atom. The number of hydrogen-bond acceptors (Lipinski definition) is 7. The Bertz CT molecular complexity index is 620. The van der Waals surface area contributed by atoms with Crippen LogP contribution in [0.25, 0.3) is 6.08 Å². The Kier molecular flexibility index (Phi) is 4.59. The van der Waals surface area contributed by atoms with Gasteiger partial charge in [0.25, 0.3) is 17.1 Å². The normalized spacial score (nSPS) is 10.4. The van der Waals surface area contributed by atoms with E-state index in [4.69, 9.17) is 0 Å². The number of non-ortho nitro benzene ring substituents is 1. The number of rotatable bonds is 5. The Hall–Kier alpha value is -2.69. The first kappa shape index (κ1) is 15.4. The summed E-state index contributed by atoms with van der Waals surface area (Å²) in [5.74, 6) is 0. The highest BCUT2D eigenvalue weighted by Crippen LogP contribution is 2.34. The molecule has 1 rings (SSSR count). The molecule has 0 atom stereocenters. The molecular formula is C9H4BrN3O7. The van der Waals surface area contributed by atoms with Crippen molar-refractivity contribution < 1.29 is 19.6 Å². The molecule has 104 valence electrons. The van der Waals surface area contributed by atoms with Crippen LogP contribution in [0.2, 0.25) is 0 Å². The molecule has 0 unspecified atom stereocenters.